The number of halogens is 1. The monoisotopic (exact) mass is 537 g/mol. The molecular formula is C25H32ClN3O6S. The van der Waals surface area contributed by atoms with Gasteiger partial charge in [0.25, 0.3) is 0 Å². The molecular weight excluding hydrogens is 506 g/mol. The van der Waals surface area contributed by atoms with E-state index in [1.807, 2.05) is 20.8 Å². The summed E-state index contributed by atoms with van der Waals surface area (Å²) in [4.78, 5) is 28.0. The molecule has 11 heteroatoms. The molecule has 196 valence electrons. The minimum atomic E-state index is -3.87. The number of nitrogens with zero attached hydrogens (tertiary/aromatic N) is 2. The number of anilines is 1. The lowest BCUT2D eigenvalue weighted by Gasteiger charge is -2.33. The third-order valence-corrected chi connectivity index (χ3v) is 6.97. The van der Waals surface area contributed by atoms with Gasteiger partial charge in [0.1, 0.15) is 25.8 Å². The normalized spacial score (nSPS) is 14.1. The van der Waals surface area contributed by atoms with Crippen molar-refractivity contribution < 1.29 is 27.5 Å². The van der Waals surface area contributed by atoms with Crippen LogP contribution in [-0.2, 0) is 26.2 Å². The summed E-state index contributed by atoms with van der Waals surface area (Å²) in [6.07, 6.45) is 1.02. The first kappa shape index (κ1) is 27.6. The second-order valence-corrected chi connectivity index (χ2v) is 11.9. The number of sulfonamides is 1. The smallest absolute Gasteiger partial charge is 0.244 e. The van der Waals surface area contributed by atoms with E-state index in [4.69, 9.17) is 21.1 Å². The molecule has 1 heterocycles. The fraction of sp³-hybridized carbons (Fsp3) is 0.440. The van der Waals surface area contributed by atoms with Crippen molar-refractivity contribution >= 4 is 39.1 Å². The van der Waals surface area contributed by atoms with Gasteiger partial charge in [-0.15, -0.1) is 0 Å². The van der Waals surface area contributed by atoms with Gasteiger partial charge in [-0.2, -0.15) is 0 Å². The SMILES string of the molecule is C[C@@H](C(=O)NC(C)(C)C)N(Cc1ccccc1Cl)C(=O)CN(c1ccc2c(c1)OCCO2)S(C)(=O)=O. The molecule has 0 aliphatic carbocycles. The van der Waals surface area contributed by atoms with Crippen LogP contribution in [0.4, 0.5) is 5.69 Å². The maximum Gasteiger partial charge on any atom is 0.244 e. The molecule has 2 aromatic carbocycles. The first-order valence-corrected chi connectivity index (χ1v) is 13.7. The van der Waals surface area contributed by atoms with E-state index >= 15 is 0 Å². The molecule has 0 saturated heterocycles. The molecule has 1 atom stereocenters. The van der Waals surface area contributed by atoms with Crippen LogP contribution in [0.25, 0.3) is 0 Å². The first-order chi connectivity index (χ1) is 16.8. The summed E-state index contributed by atoms with van der Waals surface area (Å²) in [6.45, 7) is 7.35. The largest absolute Gasteiger partial charge is 0.486 e. The van der Waals surface area contributed by atoms with E-state index in [0.717, 1.165) is 10.6 Å². The molecule has 0 spiro atoms. The van der Waals surface area contributed by atoms with E-state index in [2.05, 4.69) is 5.32 Å². The van der Waals surface area contributed by atoms with Crippen molar-refractivity contribution in [3.05, 3.63) is 53.1 Å². The van der Waals surface area contributed by atoms with Gasteiger partial charge in [-0.25, -0.2) is 8.42 Å². The van der Waals surface area contributed by atoms with Gasteiger partial charge in [-0.05, 0) is 51.5 Å². The Morgan fingerprint density at radius 3 is 2.33 bits per heavy atom. The Kier molecular flexibility index (Phi) is 8.40. The molecule has 1 N–H and O–H groups in total. The van der Waals surface area contributed by atoms with Crippen molar-refractivity contribution in [3.63, 3.8) is 0 Å². The van der Waals surface area contributed by atoms with Gasteiger partial charge < -0.3 is 19.7 Å². The van der Waals surface area contributed by atoms with Crippen LogP contribution in [-0.4, -0.2) is 62.7 Å². The predicted octanol–water partition coefficient (Wildman–Crippen LogP) is 3.21. The summed E-state index contributed by atoms with van der Waals surface area (Å²) in [7, 11) is -3.87. The summed E-state index contributed by atoms with van der Waals surface area (Å²) in [5.74, 6) is -0.0387. The van der Waals surface area contributed by atoms with Crippen LogP contribution < -0.4 is 19.1 Å². The molecule has 1 aliphatic heterocycles. The molecule has 0 unspecified atom stereocenters. The lowest BCUT2D eigenvalue weighted by Crippen LogP contribution is -2.54. The third-order valence-electron chi connectivity index (χ3n) is 5.46. The lowest BCUT2D eigenvalue weighted by atomic mass is 10.1. The van der Waals surface area contributed by atoms with Crippen LogP contribution >= 0.6 is 11.6 Å². The molecule has 2 amide bonds. The van der Waals surface area contributed by atoms with Gasteiger partial charge in [-0.3, -0.25) is 13.9 Å². The van der Waals surface area contributed by atoms with Crippen LogP contribution in [0.15, 0.2) is 42.5 Å². The average Bonchev–Trinajstić information content (AvgIpc) is 2.79. The van der Waals surface area contributed by atoms with Crippen LogP contribution in [0.5, 0.6) is 11.5 Å². The standard InChI is InChI=1S/C25H32ClN3O6S/c1-17(24(31)27-25(2,3)4)28(15-18-8-6-7-9-20(18)26)23(30)16-29(36(5,32)33)19-10-11-21-22(14-19)35-13-12-34-21/h6-11,14,17H,12-13,15-16H2,1-5H3,(H,27,31)/t17-/m0/s1. The summed E-state index contributed by atoms with van der Waals surface area (Å²) in [6, 6.07) is 10.8. The molecule has 0 saturated carbocycles. The van der Waals surface area contributed by atoms with Crippen molar-refractivity contribution in [2.75, 3.05) is 30.3 Å². The number of carbonyl (C=O) groups excluding carboxylic acids is 2. The maximum absolute atomic E-state index is 13.6. The number of rotatable bonds is 8. The minimum absolute atomic E-state index is 0.0238. The van der Waals surface area contributed by atoms with E-state index < -0.39 is 34.1 Å². The van der Waals surface area contributed by atoms with Gasteiger partial charge >= 0.3 is 0 Å². The Morgan fingerprint density at radius 2 is 1.72 bits per heavy atom. The Labute approximate surface area is 217 Å². The van der Waals surface area contributed by atoms with Crippen molar-refractivity contribution in [2.45, 2.75) is 45.8 Å². The Balaban J connectivity index is 1.94. The fourth-order valence-corrected chi connectivity index (χ4v) is 4.70. The number of ether oxygens (including phenoxy) is 2. The molecule has 1 aliphatic rings. The zero-order chi connectivity index (χ0) is 26.7. The number of benzene rings is 2. The highest BCUT2D eigenvalue weighted by Crippen LogP contribution is 2.34. The van der Waals surface area contributed by atoms with E-state index in [-0.39, 0.29) is 18.1 Å². The Bertz CT molecular complexity index is 1230. The second-order valence-electron chi connectivity index (χ2n) is 9.63. The second kappa shape index (κ2) is 11.0. The third kappa shape index (κ3) is 7.04. The number of nitrogens with one attached hydrogen (secondary N) is 1. The molecule has 3 rings (SSSR count). The molecule has 0 fully saturated rings. The predicted molar refractivity (Wildman–Crippen MR) is 139 cm³/mol. The highest BCUT2D eigenvalue weighted by molar-refractivity contribution is 7.92. The molecule has 0 bridgehead atoms. The highest BCUT2D eigenvalue weighted by Gasteiger charge is 2.32. The van der Waals surface area contributed by atoms with Crippen molar-refractivity contribution in [3.8, 4) is 11.5 Å². The number of fused-ring (bicyclic) bond motifs is 1. The van der Waals surface area contributed by atoms with Crippen molar-refractivity contribution in [1.82, 2.24) is 10.2 Å². The van der Waals surface area contributed by atoms with Crippen LogP contribution in [0.1, 0.15) is 33.3 Å². The molecule has 2 aromatic rings. The van der Waals surface area contributed by atoms with Crippen LogP contribution in [0.2, 0.25) is 5.02 Å². The quantitative estimate of drug-likeness (QED) is 0.554. The zero-order valence-corrected chi connectivity index (χ0v) is 22.6. The first-order valence-electron chi connectivity index (χ1n) is 11.5. The summed E-state index contributed by atoms with van der Waals surface area (Å²) < 4.78 is 37.6. The van der Waals surface area contributed by atoms with E-state index in [1.54, 1.807) is 43.3 Å². The molecule has 36 heavy (non-hydrogen) atoms. The molecule has 9 nitrogen and oxygen atoms in total. The zero-order valence-electron chi connectivity index (χ0n) is 21.1. The topological polar surface area (TPSA) is 105 Å². The summed E-state index contributed by atoms with van der Waals surface area (Å²) in [5, 5.41) is 3.31. The van der Waals surface area contributed by atoms with Crippen LogP contribution in [0.3, 0.4) is 0 Å². The van der Waals surface area contributed by atoms with Gasteiger partial charge in [0.2, 0.25) is 21.8 Å². The Morgan fingerprint density at radius 1 is 1.08 bits per heavy atom. The fourth-order valence-electron chi connectivity index (χ4n) is 3.67. The lowest BCUT2D eigenvalue weighted by molar-refractivity contribution is -0.140. The van der Waals surface area contributed by atoms with E-state index in [1.165, 1.54) is 11.0 Å². The molecule has 0 aromatic heterocycles. The highest BCUT2D eigenvalue weighted by atomic mass is 35.5. The maximum atomic E-state index is 13.6. The van der Waals surface area contributed by atoms with Crippen molar-refractivity contribution in [1.29, 1.82) is 0 Å². The Hall–Kier alpha value is -2.98. The van der Waals surface area contributed by atoms with Gasteiger partial charge in [0.05, 0.1) is 11.9 Å². The molecule has 0 radical (unpaired) electrons. The minimum Gasteiger partial charge on any atom is -0.486 e. The summed E-state index contributed by atoms with van der Waals surface area (Å²) in [5.41, 5.74) is 0.363. The van der Waals surface area contributed by atoms with Gasteiger partial charge in [0, 0.05) is 23.2 Å². The van der Waals surface area contributed by atoms with Crippen LogP contribution in [0, 0.1) is 0 Å². The number of hydrogen-bond donors (Lipinski definition) is 1. The van der Waals surface area contributed by atoms with Crippen molar-refractivity contribution in [2.24, 2.45) is 0 Å². The van der Waals surface area contributed by atoms with Gasteiger partial charge in [0.15, 0.2) is 11.5 Å². The van der Waals surface area contributed by atoms with E-state index in [0.29, 0.717) is 35.3 Å². The average molecular weight is 538 g/mol. The number of carbonyl (C=O) groups is 2. The van der Waals surface area contributed by atoms with Gasteiger partial charge in [-0.1, -0.05) is 29.8 Å². The number of amides is 2. The number of hydrogen-bond acceptors (Lipinski definition) is 6. The summed E-state index contributed by atoms with van der Waals surface area (Å²) >= 11 is 6.33. The van der Waals surface area contributed by atoms with E-state index in [9.17, 15) is 18.0 Å².